The Kier molecular flexibility index (Phi) is 6.37. The summed E-state index contributed by atoms with van der Waals surface area (Å²) in [6, 6.07) is 4.87. The monoisotopic (exact) mass is 452 g/mol. The van der Waals surface area contributed by atoms with Gasteiger partial charge in [-0.3, -0.25) is 9.88 Å². The zero-order valence-corrected chi connectivity index (χ0v) is 17.4. The molecule has 4 rings (SSSR count). The van der Waals surface area contributed by atoms with Crippen LogP contribution < -0.4 is 4.74 Å². The number of ether oxygens (including phenoxy) is 1. The van der Waals surface area contributed by atoms with Crippen LogP contribution >= 0.6 is 0 Å². The Morgan fingerprint density at radius 1 is 1.19 bits per heavy atom. The number of pyridine rings is 1. The van der Waals surface area contributed by atoms with Crippen molar-refractivity contribution in [1.82, 2.24) is 9.88 Å². The SMILES string of the molecule is O=C(O)c1cc(C2CC2)c(OCC2CCN(Cc3ncccc3C(F)(F)F)CC2)cc1F. The number of rotatable bonds is 7. The minimum atomic E-state index is -4.43. The number of carboxylic acids is 1. The minimum Gasteiger partial charge on any atom is -0.493 e. The van der Waals surface area contributed by atoms with E-state index in [2.05, 4.69) is 4.98 Å². The van der Waals surface area contributed by atoms with Crippen LogP contribution in [0.2, 0.25) is 0 Å². The number of halogens is 4. The second kappa shape index (κ2) is 9.05. The number of aromatic carboxylic acids is 1. The Hall–Kier alpha value is -2.68. The fraction of sp³-hybridized carbons (Fsp3) is 0.478. The van der Waals surface area contributed by atoms with E-state index in [1.807, 2.05) is 4.90 Å². The van der Waals surface area contributed by atoms with E-state index in [4.69, 9.17) is 9.84 Å². The second-order valence-electron chi connectivity index (χ2n) is 8.48. The molecule has 1 N–H and O–H groups in total. The topological polar surface area (TPSA) is 62.7 Å². The smallest absolute Gasteiger partial charge is 0.418 e. The van der Waals surface area contributed by atoms with Gasteiger partial charge in [0.2, 0.25) is 0 Å². The predicted molar refractivity (Wildman–Crippen MR) is 108 cm³/mol. The Bertz CT molecular complexity index is 984. The molecule has 172 valence electrons. The summed E-state index contributed by atoms with van der Waals surface area (Å²) in [5.41, 5.74) is -0.293. The van der Waals surface area contributed by atoms with Crippen molar-refractivity contribution >= 4 is 5.97 Å². The van der Waals surface area contributed by atoms with Gasteiger partial charge in [-0.25, -0.2) is 9.18 Å². The fourth-order valence-corrected chi connectivity index (χ4v) is 4.13. The molecule has 5 nitrogen and oxygen atoms in total. The highest BCUT2D eigenvalue weighted by atomic mass is 19.4. The predicted octanol–water partition coefficient (Wildman–Crippen LogP) is 5.11. The van der Waals surface area contributed by atoms with Crippen LogP contribution in [-0.2, 0) is 12.7 Å². The summed E-state index contributed by atoms with van der Waals surface area (Å²) >= 11 is 0. The van der Waals surface area contributed by atoms with E-state index in [9.17, 15) is 22.4 Å². The summed E-state index contributed by atoms with van der Waals surface area (Å²) in [7, 11) is 0. The van der Waals surface area contributed by atoms with Crippen molar-refractivity contribution in [3.63, 3.8) is 0 Å². The first-order valence-corrected chi connectivity index (χ1v) is 10.7. The number of carboxylic acid groups (broad SMARTS) is 1. The number of hydrogen-bond acceptors (Lipinski definition) is 4. The van der Waals surface area contributed by atoms with Gasteiger partial charge in [-0.2, -0.15) is 13.2 Å². The highest BCUT2D eigenvalue weighted by Crippen LogP contribution is 2.45. The highest BCUT2D eigenvalue weighted by Gasteiger charge is 2.34. The lowest BCUT2D eigenvalue weighted by atomic mass is 9.97. The maximum atomic E-state index is 14.2. The molecule has 2 heterocycles. The van der Waals surface area contributed by atoms with Crippen LogP contribution in [0.15, 0.2) is 30.5 Å². The van der Waals surface area contributed by atoms with Gasteiger partial charge < -0.3 is 9.84 Å². The van der Waals surface area contributed by atoms with E-state index >= 15 is 0 Å². The molecule has 0 unspecified atom stereocenters. The van der Waals surface area contributed by atoms with Gasteiger partial charge >= 0.3 is 12.1 Å². The van der Waals surface area contributed by atoms with Gasteiger partial charge in [-0.05, 0) is 74.4 Å². The summed E-state index contributed by atoms with van der Waals surface area (Å²) in [6.07, 6.45) is 0.267. The molecule has 0 bridgehead atoms. The summed E-state index contributed by atoms with van der Waals surface area (Å²) in [4.78, 5) is 17.1. The van der Waals surface area contributed by atoms with Crippen molar-refractivity contribution < 1.29 is 32.2 Å². The van der Waals surface area contributed by atoms with Crippen LogP contribution in [0.5, 0.6) is 5.75 Å². The van der Waals surface area contributed by atoms with Crippen molar-refractivity contribution in [3.8, 4) is 5.75 Å². The molecule has 0 amide bonds. The van der Waals surface area contributed by atoms with E-state index in [1.54, 1.807) is 0 Å². The molecule has 2 fully saturated rings. The van der Waals surface area contributed by atoms with E-state index < -0.39 is 23.5 Å². The average molecular weight is 452 g/mol. The van der Waals surface area contributed by atoms with Crippen molar-refractivity contribution in [1.29, 1.82) is 0 Å². The molecule has 0 radical (unpaired) electrons. The fourth-order valence-electron chi connectivity index (χ4n) is 4.13. The Morgan fingerprint density at radius 3 is 2.53 bits per heavy atom. The standard InChI is InChI=1S/C23H24F4N2O3/c24-19-11-21(16(15-3-4-15)10-17(19)22(30)31)32-13-14-5-8-29(9-6-14)12-20-18(23(25,26)27)2-1-7-28-20/h1-2,7,10-11,14-15H,3-6,8-9,12-13H2,(H,30,31). The third-order valence-electron chi connectivity index (χ3n) is 6.10. The maximum Gasteiger partial charge on any atom is 0.418 e. The first kappa shape index (κ1) is 22.5. The molecule has 0 atom stereocenters. The minimum absolute atomic E-state index is 0.0257. The van der Waals surface area contributed by atoms with E-state index in [0.717, 1.165) is 43.4 Å². The van der Waals surface area contributed by atoms with Gasteiger partial charge in [0.05, 0.1) is 23.4 Å². The van der Waals surface area contributed by atoms with Crippen LogP contribution in [0, 0.1) is 11.7 Å². The highest BCUT2D eigenvalue weighted by molar-refractivity contribution is 5.88. The third-order valence-corrected chi connectivity index (χ3v) is 6.10. The number of nitrogens with zero attached hydrogens (tertiary/aromatic N) is 2. The third kappa shape index (κ3) is 5.20. The molecule has 2 aliphatic rings. The van der Waals surface area contributed by atoms with Gasteiger partial charge in [0.25, 0.3) is 0 Å². The number of carbonyl (C=O) groups is 1. The Morgan fingerprint density at radius 2 is 1.91 bits per heavy atom. The lowest BCUT2D eigenvalue weighted by Crippen LogP contribution is -2.35. The molecular weight excluding hydrogens is 428 g/mol. The van der Waals surface area contributed by atoms with Gasteiger partial charge in [0.1, 0.15) is 11.6 Å². The van der Waals surface area contributed by atoms with Gasteiger partial charge in [0.15, 0.2) is 0 Å². The Balaban J connectivity index is 1.34. The van der Waals surface area contributed by atoms with Crippen molar-refractivity contribution in [3.05, 3.63) is 58.7 Å². The number of likely N-dealkylation sites (tertiary alicyclic amines) is 1. The van der Waals surface area contributed by atoms with Crippen molar-refractivity contribution in [2.75, 3.05) is 19.7 Å². The summed E-state index contributed by atoms with van der Waals surface area (Å²) < 4.78 is 59.6. The van der Waals surface area contributed by atoms with Crippen molar-refractivity contribution in [2.45, 2.75) is 44.3 Å². The maximum absolute atomic E-state index is 14.2. The average Bonchev–Trinajstić information content (AvgIpc) is 3.58. The van der Waals surface area contributed by atoms with Gasteiger partial charge in [-0.1, -0.05) is 0 Å². The number of piperidine rings is 1. The molecule has 9 heteroatoms. The van der Waals surface area contributed by atoms with E-state index in [1.165, 1.54) is 18.3 Å². The van der Waals surface area contributed by atoms with Crippen LogP contribution in [-0.4, -0.2) is 40.7 Å². The quantitative estimate of drug-likeness (QED) is 0.592. The summed E-state index contributed by atoms with van der Waals surface area (Å²) in [5.74, 6) is -1.34. The molecule has 1 aromatic carbocycles. The van der Waals surface area contributed by atoms with Crippen molar-refractivity contribution in [2.24, 2.45) is 5.92 Å². The molecule has 32 heavy (non-hydrogen) atoms. The number of aromatic nitrogens is 1. The molecule has 1 aromatic heterocycles. The lowest BCUT2D eigenvalue weighted by molar-refractivity contribution is -0.138. The Labute approximate surface area is 183 Å². The van der Waals surface area contributed by atoms with Crippen LogP contribution in [0.4, 0.5) is 17.6 Å². The molecule has 0 spiro atoms. The van der Waals surface area contributed by atoms with Crippen LogP contribution in [0.25, 0.3) is 0 Å². The number of alkyl halides is 3. The van der Waals surface area contributed by atoms with E-state index in [-0.39, 0.29) is 29.6 Å². The number of hydrogen-bond donors (Lipinski definition) is 1. The second-order valence-corrected chi connectivity index (χ2v) is 8.48. The lowest BCUT2D eigenvalue weighted by Gasteiger charge is -2.32. The van der Waals surface area contributed by atoms with E-state index in [0.29, 0.717) is 25.4 Å². The molecule has 1 saturated carbocycles. The largest absolute Gasteiger partial charge is 0.493 e. The first-order valence-electron chi connectivity index (χ1n) is 10.7. The first-order chi connectivity index (χ1) is 15.2. The van der Waals surface area contributed by atoms with Gasteiger partial charge in [-0.15, -0.1) is 0 Å². The summed E-state index contributed by atoms with van der Waals surface area (Å²) in [5, 5.41) is 9.16. The van der Waals surface area contributed by atoms with Gasteiger partial charge in [0, 0.05) is 18.8 Å². The normalized spacial score (nSPS) is 18.0. The zero-order valence-electron chi connectivity index (χ0n) is 17.4. The molecule has 2 aromatic rings. The zero-order chi connectivity index (χ0) is 22.9. The molecular formula is C23H24F4N2O3. The number of benzene rings is 1. The van der Waals surface area contributed by atoms with Crippen LogP contribution in [0.1, 0.15) is 58.8 Å². The molecule has 1 aliphatic heterocycles. The molecule has 1 saturated heterocycles. The molecule has 1 aliphatic carbocycles. The van der Waals surface area contributed by atoms with Crippen LogP contribution in [0.3, 0.4) is 0 Å². The summed E-state index contributed by atoms with van der Waals surface area (Å²) in [6.45, 7) is 1.72.